The maximum Gasteiger partial charge on any atom is 0.168 e. The van der Waals surface area contributed by atoms with Gasteiger partial charge in [0.25, 0.3) is 0 Å². The molecule has 3 nitrogen and oxygen atoms in total. The van der Waals surface area contributed by atoms with Gasteiger partial charge in [-0.05, 0) is 24.0 Å². The Labute approximate surface area is 109 Å². The molecule has 1 unspecified atom stereocenters. The van der Waals surface area contributed by atoms with Crippen LogP contribution >= 0.6 is 0 Å². The molecule has 1 aliphatic heterocycles. The van der Waals surface area contributed by atoms with Gasteiger partial charge in [-0.15, -0.1) is 0 Å². The summed E-state index contributed by atoms with van der Waals surface area (Å²) in [5.41, 5.74) is 1.09. The molecule has 0 bridgehead atoms. The first-order chi connectivity index (χ1) is 8.54. The zero-order valence-corrected chi connectivity index (χ0v) is 11.8. The molecule has 1 aliphatic rings. The van der Waals surface area contributed by atoms with Crippen molar-refractivity contribution in [2.75, 3.05) is 13.7 Å². The fraction of sp³-hybridized carbons (Fsp3) is 0.600. The van der Waals surface area contributed by atoms with E-state index < -0.39 is 0 Å². The first-order valence-electron chi connectivity index (χ1n) is 6.55. The van der Waals surface area contributed by atoms with Crippen molar-refractivity contribution in [3.05, 3.63) is 17.7 Å². The average Bonchev–Trinajstić information content (AvgIpc) is 2.36. The Kier molecular flexibility index (Phi) is 3.69. The lowest BCUT2D eigenvalue weighted by Gasteiger charge is -2.31. The van der Waals surface area contributed by atoms with Gasteiger partial charge in [-0.3, -0.25) is 0 Å². The zero-order valence-electron chi connectivity index (χ0n) is 11.8. The Balaban J connectivity index is 2.41. The molecule has 100 valence electrons. The Hall–Kier alpha value is -1.38. The molecule has 1 aromatic carbocycles. The molecular formula is C15H22O3. The largest absolute Gasteiger partial charge is 0.496 e. The van der Waals surface area contributed by atoms with E-state index in [2.05, 4.69) is 27.7 Å². The molecule has 0 saturated carbocycles. The molecule has 0 amide bonds. The highest BCUT2D eigenvalue weighted by Crippen LogP contribution is 2.44. The minimum absolute atomic E-state index is 0.130. The topological polar surface area (TPSA) is 27.7 Å². The third-order valence-corrected chi connectivity index (χ3v) is 3.33. The van der Waals surface area contributed by atoms with Crippen LogP contribution in [0.15, 0.2) is 12.1 Å². The fourth-order valence-electron chi connectivity index (χ4n) is 2.22. The second-order valence-electron chi connectivity index (χ2n) is 5.37. The highest BCUT2D eigenvalue weighted by molar-refractivity contribution is 5.56. The second-order valence-corrected chi connectivity index (χ2v) is 5.37. The molecule has 1 heterocycles. The predicted molar refractivity (Wildman–Crippen MR) is 71.8 cm³/mol. The lowest BCUT2D eigenvalue weighted by atomic mass is 9.99. The normalized spacial score (nSPS) is 18.3. The minimum Gasteiger partial charge on any atom is -0.496 e. The summed E-state index contributed by atoms with van der Waals surface area (Å²) in [4.78, 5) is 0. The van der Waals surface area contributed by atoms with Crippen molar-refractivity contribution in [2.45, 2.75) is 39.7 Å². The summed E-state index contributed by atoms with van der Waals surface area (Å²) in [6.07, 6.45) is 0.130. The van der Waals surface area contributed by atoms with E-state index in [0.717, 1.165) is 22.8 Å². The summed E-state index contributed by atoms with van der Waals surface area (Å²) in [6, 6.07) is 3.90. The van der Waals surface area contributed by atoms with E-state index in [1.165, 1.54) is 0 Å². The van der Waals surface area contributed by atoms with Crippen molar-refractivity contribution in [3.8, 4) is 17.2 Å². The van der Waals surface area contributed by atoms with Gasteiger partial charge < -0.3 is 14.2 Å². The van der Waals surface area contributed by atoms with Gasteiger partial charge in [0.05, 0.1) is 7.11 Å². The molecule has 1 aromatic rings. The van der Waals surface area contributed by atoms with Crippen molar-refractivity contribution in [2.24, 2.45) is 5.92 Å². The van der Waals surface area contributed by atoms with Crippen LogP contribution < -0.4 is 14.2 Å². The molecule has 0 radical (unpaired) electrons. The van der Waals surface area contributed by atoms with Crippen LogP contribution in [0.5, 0.6) is 17.2 Å². The standard InChI is InChI=1S/C15H22O3/c1-9(2)13-8-17-15-12(18-13)7-6-11(16-5)14(15)10(3)4/h6-7,9-10,13H,8H2,1-5H3. The van der Waals surface area contributed by atoms with E-state index in [0.29, 0.717) is 18.4 Å². The van der Waals surface area contributed by atoms with E-state index in [4.69, 9.17) is 14.2 Å². The number of rotatable bonds is 3. The first kappa shape index (κ1) is 13.1. The maximum atomic E-state index is 6.00. The first-order valence-corrected chi connectivity index (χ1v) is 6.55. The van der Waals surface area contributed by atoms with Crippen LogP contribution in [-0.2, 0) is 0 Å². The molecule has 1 atom stereocenters. The van der Waals surface area contributed by atoms with Crippen molar-refractivity contribution in [1.82, 2.24) is 0 Å². The summed E-state index contributed by atoms with van der Waals surface area (Å²) in [7, 11) is 1.69. The predicted octanol–water partition coefficient (Wildman–Crippen LogP) is 3.61. The molecule has 0 fully saturated rings. The molecule has 3 heteroatoms. The van der Waals surface area contributed by atoms with Gasteiger partial charge >= 0.3 is 0 Å². The van der Waals surface area contributed by atoms with Crippen molar-refractivity contribution >= 4 is 0 Å². The highest BCUT2D eigenvalue weighted by Gasteiger charge is 2.28. The number of hydrogen-bond acceptors (Lipinski definition) is 3. The van der Waals surface area contributed by atoms with Crippen LogP contribution in [0.3, 0.4) is 0 Å². The molecule has 0 aliphatic carbocycles. The molecule has 18 heavy (non-hydrogen) atoms. The lowest BCUT2D eigenvalue weighted by Crippen LogP contribution is -2.34. The maximum absolute atomic E-state index is 6.00. The average molecular weight is 250 g/mol. The van der Waals surface area contributed by atoms with Gasteiger partial charge in [0, 0.05) is 5.56 Å². The molecule has 0 N–H and O–H groups in total. The molecular weight excluding hydrogens is 228 g/mol. The Morgan fingerprint density at radius 1 is 1.22 bits per heavy atom. The number of benzene rings is 1. The van der Waals surface area contributed by atoms with Gasteiger partial charge in [0.15, 0.2) is 11.5 Å². The monoisotopic (exact) mass is 250 g/mol. The Morgan fingerprint density at radius 2 is 1.94 bits per heavy atom. The summed E-state index contributed by atoms with van der Waals surface area (Å²) < 4.78 is 17.3. The van der Waals surface area contributed by atoms with E-state index in [1.807, 2.05) is 12.1 Å². The molecule has 0 saturated heterocycles. The molecule has 2 rings (SSSR count). The summed E-state index contributed by atoms with van der Waals surface area (Å²) in [6.45, 7) is 9.17. The summed E-state index contributed by atoms with van der Waals surface area (Å²) >= 11 is 0. The van der Waals surface area contributed by atoms with Crippen LogP contribution in [0.4, 0.5) is 0 Å². The van der Waals surface area contributed by atoms with Crippen LogP contribution in [0, 0.1) is 5.92 Å². The van der Waals surface area contributed by atoms with Crippen LogP contribution in [-0.4, -0.2) is 19.8 Å². The van der Waals surface area contributed by atoms with Crippen LogP contribution in [0.2, 0.25) is 0 Å². The number of fused-ring (bicyclic) bond motifs is 1. The van der Waals surface area contributed by atoms with E-state index in [1.54, 1.807) is 7.11 Å². The van der Waals surface area contributed by atoms with Gasteiger partial charge in [-0.1, -0.05) is 27.7 Å². The highest BCUT2D eigenvalue weighted by atomic mass is 16.6. The summed E-state index contributed by atoms with van der Waals surface area (Å²) in [5, 5.41) is 0. The quantitative estimate of drug-likeness (QED) is 0.820. The third kappa shape index (κ3) is 2.26. The van der Waals surface area contributed by atoms with Gasteiger partial charge in [0.2, 0.25) is 0 Å². The van der Waals surface area contributed by atoms with Crippen molar-refractivity contribution in [1.29, 1.82) is 0 Å². The summed E-state index contributed by atoms with van der Waals surface area (Å²) in [5.74, 6) is 3.35. The minimum atomic E-state index is 0.130. The lowest BCUT2D eigenvalue weighted by molar-refractivity contribution is 0.0577. The Morgan fingerprint density at radius 3 is 2.50 bits per heavy atom. The van der Waals surface area contributed by atoms with E-state index in [9.17, 15) is 0 Å². The van der Waals surface area contributed by atoms with E-state index in [-0.39, 0.29) is 6.10 Å². The number of ether oxygens (including phenoxy) is 3. The van der Waals surface area contributed by atoms with Crippen molar-refractivity contribution in [3.63, 3.8) is 0 Å². The van der Waals surface area contributed by atoms with Crippen LogP contribution in [0.1, 0.15) is 39.2 Å². The third-order valence-electron chi connectivity index (χ3n) is 3.33. The molecule has 0 aromatic heterocycles. The smallest absolute Gasteiger partial charge is 0.168 e. The molecule has 0 spiro atoms. The number of methoxy groups -OCH3 is 1. The van der Waals surface area contributed by atoms with Gasteiger partial charge in [0.1, 0.15) is 18.5 Å². The van der Waals surface area contributed by atoms with Crippen LogP contribution in [0.25, 0.3) is 0 Å². The second kappa shape index (κ2) is 5.09. The SMILES string of the molecule is COc1ccc2c(c1C(C)C)OCC(C(C)C)O2. The van der Waals surface area contributed by atoms with Gasteiger partial charge in [-0.25, -0.2) is 0 Å². The van der Waals surface area contributed by atoms with Gasteiger partial charge in [-0.2, -0.15) is 0 Å². The Bertz CT molecular complexity index is 424. The number of hydrogen-bond donors (Lipinski definition) is 0. The van der Waals surface area contributed by atoms with E-state index >= 15 is 0 Å². The fourth-order valence-corrected chi connectivity index (χ4v) is 2.22. The van der Waals surface area contributed by atoms with Crippen molar-refractivity contribution < 1.29 is 14.2 Å². The zero-order chi connectivity index (χ0) is 13.3.